The van der Waals surface area contributed by atoms with E-state index in [-0.39, 0.29) is 5.91 Å². The first-order chi connectivity index (χ1) is 9.73. The molecule has 0 saturated carbocycles. The molecule has 0 bridgehead atoms. The van der Waals surface area contributed by atoms with Crippen LogP contribution >= 0.6 is 0 Å². The second kappa shape index (κ2) is 5.22. The molecule has 1 aromatic heterocycles. The topological polar surface area (TPSA) is 93.0 Å². The highest BCUT2D eigenvalue weighted by Crippen LogP contribution is 2.31. The van der Waals surface area contributed by atoms with Gasteiger partial charge in [-0.1, -0.05) is 0 Å². The van der Waals surface area contributed by atoms with Crippen molar-refractivity contribution in [3.8, 4) is 0 Å². The van der Waals surface area contributed by atoms with Crippen LogP contribution in [0.4, 0.5) is 5.69 Å². The molecule has 1 amide bonds. The summed E-state index contributed by atoms with van der Waals surface area (Å²) in [6.07, 6.45) is 3.09. The fraction of sp³-hybridized carbons (Fsp3) is 0.429. The molecule has 1 aliphatic rings. The number of rotatable bonds is 3. The number of aromatic nitrogens is 2. The minimum atomic E-state index is -0.513. The van der Waals surface area contributed by atoms with Gasteiger partial charge in [-0.3, -0.25) is 9.89 Å². The van der Waals surface area contributed by atoms with E-state index in [0.29, 0.717) is 32.6 Å². The maximum Gasteiger partial charge on any atom is 0.232 e. The highest BCUT2D eigenvalue weighted by molar-refractivity contribution is 5.97. The van der Waals surface area contributed by atoms with Crippen LogP contribution in [0.3, 0.4) is 0 Å². The largest absolute Gasteiger partial charge is 0.381 e. The second-order valence-corrected chi connectivity index (χ2v) is 5.22. The Hall–Kier alpha value is -1.92. The van der Waals surface area contributed by atoms with E-state index in [0.717, 1.165) is 16.6 Å². The monoisotopic (exact) mass is 274 g/mol. The Kier molecular flexibility index (Phi) is 3.42. The van der Waals surface area contributed by atoms with Crippen molar-refractivity contribution in [1.29, 1.82) is 0 Å². The number of H-pyrrole nitrogens is 1. The molecule has 6 heteroatoms. The second-order valence-electron chi connectivity index (χ2n) is 5.22. The van der Waals surface area contributed by atoms with E-state index in [4.69, 9.17) is 10.5 Å². The Morgan fingerprint density at radius 2 is 2.25 bits per heavy atom. The van der Waals surface area contributed by atoms with Gasteiger partial charge < -0.3 is 15.8 Å². The molecule has 106 valence electrons. The number of nitrogens with two attached hydrogens (primary N) is 1. The molecule has 1 aromatic carbocycles. The molecule has 2 aromatic rings. The summed E-state index contributed by atoms with van der Waals surface area (Å²) >= 11 is 0. The SMILES string of the molecule is NCC1(C(=O)Nc2ccc3cn[nH]c3c2)CCOCC1. The van der Waals surface area contributed by atoms with Crippen molar-refractivity contribution in [3.63, 3.8) is 0 Å². The first-order valence-electron chi connectivity index (χ1n) is 6.76. The van der Waals surface area contributed by atoms with E-state index in [2.05, 4.69) is 15.5 Å². The zero-order valence-electron chi connectivity index (χ0n) is 11.2. The van der Waals surface area contributed by atoms with Crippen molar-refractivity contribution >= 4 is 22.5 Å². The molecule has 2 heterocycles. The maximum absolute atomic E-state index is 12.5. The fourth-order valence-electron chi connectivity index (χ4n) is 2.56. The number of benzene rings is 1. The first kappa shape index (κ1) is 13.1. The zero-order chi connectivity index (χ0) is 14.0. The van der Waals surface area contributed by atoms with E-state index in [9.17, 15) is 4.79 Å². The Bertz CT molecular complexity index is 616. The van der Waals surface area contributed by atoms with Crippen LogP contribution in [0.15, 0.2) is 24.4 Å². The molecule has 1 saturated heterocycles. The Balaban J connectivity index is 1.80. The third-order valence-electron chi connectivity index (χ3n) is 4.02. The summed E-state index contributed by atoms with van der Waals surface area (Å²) in [4.78, 5) is 12.5. The van der Waals surface area contributed by atoms with Crippen LogP contribution in [-0.2, 0) is 9.53 Å². The lowest BCUT2D eigenvalue weighted by molar-refractivity contribution is -0.130. The number of amides is 1. The lowest BCUT2D eigenvalue weighted by atomic mass is 9.79. The summed E-state index contributed by atoms with van der Waals surface area (Å²) in [5, 5.41) is 10.8. The number of nitrogens with zero attached hydrogens (tertiary/aromatic N) is 1. The van der Waals surface area contributed by atoms with Gasteiger partial charge in [-0.05, 0) is 31.0 Å². The number of anilines is 1. The molecule has 0 atom stereocenters. The van der Waals surface area contributed by atoms with Crippen molar-refractivity contribution in [2.75, 3.05) is 25.1 Å². The third-order valence-corrected chi connectivity index (χ3v) is 4.02. The van der Waals surface area contributed by atoms with Crippen molar-refractivity contribution < 1.29 is 9.53 Å². The van der Waals surface area contributed by atoms with Gasteiger partial charge in [0.15, 0.2) is 0 Å². The van der Waals surface area contributed by atoms with Crippen LogP contribution < -0.4 is 11.1 Å². The zero-order valence-corrected chi connectivity index (χ0v) is 11.2. The number of hydrogen-bond donors (Lipinski definition) is 3. The Labute approximate surface area is 116 Å². The van der Waals surface area contributed by atoms with E-state index >= 15 is 0 Å². The molecule has 1 aliphatic heterocycles. The standard InChI is InChI=1S/C14H18N4O2/c15-9-14(3-5-20-6-4-14)13(19)17-11-2-1-10-8-16-18-12(10)7-11/h1-2,7-8H,3-6,9,15H2,(H,16,18)(H,17,19). The van der Waals surface area contributed by atoms with Crippen molar-refractivity contribution in [3.05, 3.63) is 24.4 Å². The molecule has 20 heavy (non-hydrogen) atoms. The maximum atomic E-state index is 12.5. The molecule has 6 nitrogen and oxygen atoms in total. The summed E-state index contributed by atoms with van der Waals surface area (Å²) < 4.78 is 5.33. The van der Waals surface area contributed by atoms with Gasteiger partial charge in [0.1, 0.15) is 0 Å². The molecule has 0 aliphatic carbocycles. The van der Waals surface area contributed by atoms with Gasteiger partial charge >= 0.3 is 0 Å². The number of hydrogen-bond acceptors (Lipinski definition) is 4. The average Bonchev–Trinajstić information content (AvgIpc) is 2.95. The minimum Gasteiger partial charge on any atom is -0.381 e. The van der Waals surface area contributed by atoms with Crippen LogP contribution in [0.25, 0.3) is 10.9 Å². The van der Waals surface area contributed by atoms with Gasteiger partial charge in [0, 0.05) is 30.8 Å². The average molecular weight is 274 g/mol. The summed E-state index contributed by atoms with van der Waals surface area (Å²) in [5.74, 6) is -0.0258. The lowest BCUT2D eigenvalue weighted by Gasteiger charge is -2.34. The molecule has 4 N–H and O–H groups in total. The number of fused-ring (bicyclic) bond motifs is 1. The van der Waals surface area contributed by atoms with Gasteiger partial charge in [-0.2, -0.15) is 5.10 Å². The summed E-state index contributed by atoms with van der Waals surface area (Å²) in [7, 11) is 0. The fourth-order valence-corrected chi connectivity index (χ4v) is 2.56. The van der Waals surface area contributed by atoms with Crippen LogP contribution in [0.1, 0.15) is 12.8 Å². The Morgan fingerprint density at radius 3 is 3.00 bits per heavy atom. The summed E-state index contributed by atoms with van der Waals surface area (Å²) in [6, 6.07) is 5.68. The summed E-state index contributed by atoms with van der Waals surface area (Å²) in [6.45, 7) is 1.52. The number of carbonyl (C=O) groups excluding carboxylic acids is 1. The smallest absolute Gasteiger partial charge is 0.232 e. The first-order valence-corrected chi connectivity index (χ1v) is 6.76. The number of ether oxygens (including phenoxy) is 1. The van der Waals surface area contributed by atoms with Crippen LogP contribution in [0.2, 0.25) is 0 Å². The highest BCUT2D eigenvalue weighted by Gasteiger charge is 2.38. The van der Waals surface area contributed by atoms with E-state index < -0.39 is 5.41 Å². The van der Waals surface area contributed by atoms with Crippen LogP contribution in [0.5, 0.6) is 0 Å². The summed E-state index contributed by atoms with van der Waals surface area (Å²) in [5.41, 5.74) is 6.98. The number of nitrogens with one attached hydrogen (secondary N) is 2. The van der Waals surface area contributed by atoms with Crippen molar-refractivity contribution in [2.24, 2.45) is 11.1 Å². The van der Waals surface area contributed by atoms with E-state index in [1.807, 2.05) is 18.2 Å². The quantitative estimate of drug-likeness (QED) is 0.785. The van der Waals surface area contributed by atoms with Gasteiger partial charge in [0.2, 0.25) is 5.91 Å². The predicted octanol–water partition coefficient (Wildman–Crippen LogP) is 1.26. The van der Waals surface area contributed by atoms with Gasteiger partial charge in [0.05, 0.1) is 17.1 Å². The molecule has 0 unspecified atom stereocenters. The third kappa shape index (κ3) is 2.28. The van der Waals surface area contributed by atoms with Gasteiger partial charge in [-0.15, -0.1) is 0 Å². The molecule has 0 radical (unpaired) electrons. The van der Waals surface area contributed by atoms with Crippen molar-refractivity contribution in [2.45, 2.75) is 12.8 Å². The van der Waals surface area contributed by atoms with E-state index in [1.165, 1.54) is 0 Å². The highest BCUT2D eigenvalue weighted by atomic mass is 16.5. The molecule has 1 fully saturated rings. The number of carbonyl (C=O) groups is 1. The van der Waals surface area contributed by atoms with E-state index in [1.54, 1.807) is 6.20 Å². The molecular formula is C14H18N4O2. The van der Waals surface area contributed by atoms with Gasteiger partial charge in [-0.25, -0.2) is 0 Å². The predicted molar refractivity (Wildman–Crippen MR) is 76.3 cm³/mol. The molecule has 3 rings (SSSR count). The Morgan fingerprint density at radius 1 is 1.45 bits per heavy atom. The molecule has 0 spiro atoms. The van der Waals surface area contributed by atoms with Gasteiger partial charge in [0.25, 0.3) is 0 Å². The lowest BCUT2D eigenvalue weighted by Crippen LogP contribution is -2.46. The van der Waals surface area contributed by atoms with Crippen LogP contribution in [0, 0.1) is 5.41 Å². The minimum absolute atomic E-state index is 0.0258. The van der Waals surface area contributed by atoms with Crippen molar-refractivity contribution in [1.82, 2.24) is 10.2 Å². The number of aromatic amines is 1. The molecular weight excluding hydrogens is 256 g/mol. The normalized spacial score (nSPS) is 18.1. The van der Waals surface area contributed by atoms with Crippen LogP contribution in [-0.4, -0.2) is 35.9 Å².